The molecule has 0 amide bonds. The van der Waals surface area contributed by atoms with E-state index < -0.39 is 0 Å². The van der Waals surface area contributed by atoms with E-state index >= 15 is 0 Å². The van der Waals surface area contributed by atoms with Crippen LogP contribution < -0.4 is 0 Å². The van der Waals surface area contributed by atoms with Crippen molar-refractivity contribution >= 4 is 16.7 Å². The second-order valence-electron chi connectivity index (χ2n) is 4.79. The fraction of sp³-hybridized carbons (Fsp3) is 0.118. The van der Waals surface area contributed by atoms with Crippen molar-refractivity contribution in [3.05, 3.63) is 71.4 Å². The lowest BCUT2D eigenvalue weighted by Gasteiger charge is -2.06. The lowest BCUT2D eigenvalue weighted by molar-refractivity contribution is 0.103. The van der Waals surface area contributed by atoms with Crippen molar-refractivity contribution in [2.45, 2.75) is 6.92 Å². The zero-order chi connectivity index (χ0) is 13.4. The van der Waals surface area contributed by atoms with Gasteiger partial charge in [0, 0.05) is 23.5 Å². The van der Waals surface area contributed by atoms with E-state index in [-0.39, 0.29) is 5.78 Å². The molecule has 0 radical (unpaired) electrons. The van der Waals surface area contributed by atoms with E-state index in [4.69, 9.17) is 0 Å². The second kappa shape index (κ2) is 4.39. The molecule has 94 valence electrons. The lowest BCUT2D eigenvalue weighted by atomic mass is 10.0. The highest BCUT2D eigenvalue weighted by molar-refractivity contribution is 6.11. The molecule has 2 nitrogen and oxygen atoms in total. The summed E-state index contributed by atoms with van der Waals surface area (Å²) < 4.78 is 1.96. The maximum absolute atomic E-state index is 12.6. The molecule has 0 atom stereocenters. The normalized spacial score (nSPS) is 10.8. The minimum atomic E-state index is 0.0804. The van der Waals surface area contributed by atoms with Gasteiger partial charge >= 0.3 is 0 Å². The molecule has 0 unspecified atom stereocenters. The van der Waals surface area contributed by atoms with Gasteiger partial charge in [-0.05, 0) is 24.6 Å². The van der Waals surface area contributed by atoms with E-state index in [1.807, 2.05) is 73.1 Å². The third-order valence-corrected chi connectivity index (χ3v) is 3.57. The van der Waals surface area contributed by atoms with E-state index in [1.165, 1.54) is 0 Å². The number of hydrogen-bond acceptors (Lipinski definition) is 1. The largest absolute Gasteiger partial charge is 0.341 e. The fourth-order valence-corrected chi connectivity index (χ4v) is 2.47. The van der Waals surface area contributed by atoms with Crippen LogP contribution in [0.4, 0.5) is 0 Å². The third kappa shape index (κ3) is 1.85. The highest BCUT2D eigenvalue weighted by atomic mass is 16.1. The van der Waals surface area contributed by atoms with Gasteiger partial charge in [0.05, 0.1) is 5.69 Å². The van der Waals surface area contributed by atoms with Crippen molar-refractivity contribution in [1.82, 2.24) is 4.57 Å². The average Bonchev–Trinajstić information content (AvgIpc) is 2.77. The molecule has 0 saturated heterocycles. The Morgan fingerprint density at radius 3 is 2.42 bits per heavy atom. The smallest absolute Gasteiger partial charge is 0.209 e. The average molecular weight is 249 g/mol. The van der Waals surface area contributed by atoms with Crippen molar-refractivity contribution in [3.63, 3.8) is 0 Å². The fourth-order valence-electron chi connectivity index (χ4n) is 2.47. The maximum Gasteiger partial charge on any atom is 0.209 e. The van der Waals surface area contributed by atoms with E-state index in [0.29, 0.717) is 0 Å². The Morgan fingerprint density at radius 2 is 1.68 bits per heavy atom. The van der Waals surface area contributed by atoms with E-state index in [2.05, 4.69) is 0 Å². The second-order valence-corrected chi connectivity index (χ2v) is 4.79. The first kappa shape index (κ1) is 11.7. The van der Waals surface area contributed by atoms with Gasteiger partial charge in [-0.1, -0.05) is 42.5 Å². The van der Waals surface area contributed by atoms with Crippen LogP contribution in [0.15, 0.2) is 54.6 Å². The predicted octanol–water partition coefficient (Wildman–Crippen LogP) is 3.72. The number of aryl methyl sites for hydroxylation is 2. The number of para-hydroxylation sites is 1. The van der Waals surface area contributed by atoms with E-state index in [0.717, 1.165) is 27.7 Å². The van der Waals surface area contributed by atoms with Gasteiger partial charge in [-0.3, -0.25) is 4.79 Å². The van der Waals surface area contributed by atoms with Crippen molar-refractivity contribution in [2.75, 3.05) is 0 Å². The van der Waals surface area contributed by atoms with Crippen LogP contribution in [0.25, 0.3) is 10.9 Å². The summed E-state index contributed by atoms with van der Waals surface area (Å²) in [6.45, 7) is 1.97. The Balaban J connectivity index is 2.17. The van der Waals surface area contributed by atoms with Crippen molar-refractivity contribution < 1.29 is 4.79 Å². The van der Waals surface area contributed by atoms with Gasteiger partial charge in [-0.2, -0.15) is 0 Å². The first-order valence-corrected chi connectivity index (χ1v) is 6.33. The van der Waals surface area contributed by atoms with Crippen LogP contribution in [0.1, 0.15) is 21.6 Å². The molecule has 19 heavy (non-hydrogen) atoms. The monoisotopic (exact) mass is 249 g/mol. The molecule has 2 heteroatoms. The summed E-state index contributed by atoms with van der Waals surface area (Å²) in [6, 6.07) is 17.7. The molecule has 0 aliphatic rings. The molecular weight excluding hydrogens is 234 g/mol. The van der Waals surface area contributed by atoms with Crippen LogP contribution in [0.2, 0.25) is 0 Å². The molecule has 3 rings (SSSR count). The summed E-state index contributed by atoms with van der Waals surface area (Å²) in [4.78, 5) is 12.6. The van der Waals surface area contributed by atoms with Crippen LogP contribution in [0, 0.1) is 6.92 Å². The van der Waals surface area contributed by atoms with Crippen molar-refractivity contribution in [1.29, 1.82) is 0 Å². The molecule has 0 bridgehead atoms. The molecule has 0 saturated carbocycles. The Morgan fingerprint density at radius 1 is 1.00 bits per heavy atom. The zero-order valence-electron chi connectivity index (χ0n) is 11.1. The topological polar surface area (TPSA) is 22.0 Å². The molecule has 0 N–H and O–H groups in total. The molecule has 2 aromatic carbocycles. The van der Waals surface area contributed by atoms with Crippen LogP contribution in [0.5, 0.6) is 0 Å². The predicted molar refractivity (Wildman–Crippen MR) is 77.5 cm³/mol. The van der Waals surface area contributed by atoms with Gasteiger partial charge in [-0.15, -0.1) is 0 Å². The SMILES string of the molecule is Cc1ccccc1C(=O)c1cc2ccccc2n1C. The van der Waals surface area contributed by atoms with Gasteiger partial charge < -0.3 is 4.57 Å². The third-order valence-electron chi connectivity index (χ3n) is 3.57. The minimum Gasteiger partial charge on any atom is -0.341 e. The van der Waals surface area contributed by atoms with Crippen molar-refractivity contribution in [2.24, 2.45) is 7.05 Å². The summed E-state index contributed by atoms with van der Waals surface area (Å²) in [5.41, 5.74) is 3.60. The first-order valence-electron chi connectivity index (χ1n) is 6.33. The highest BCUT2D eigenvalue weighted by Crippen LogP contribution is 2.21. The maximum atomic E-state index is 12.6. The van der Waals surface area contributed by atoms with Gasteiger partial charge in [-0.25, -0.2) is 0 Å². The van der Waals surface area contributed by atoms with Gasteiger partial charge in [0.15, 0.2) is 0 Å². The zero-order valence-corrected chi connectivity index (χ0v) is 11.1. The van der Waals surface area contributed by atoms with Crippen LogP contribution in [-0.2, 0) is 7.05 Å². The molecule has 3 aromatic rings. The molecule has 0 spiro atoms. The Bertz CT molecular complexity index is 768. The van der Waals surface area contributed by atoms with Crippen LogP contribution in [-0.4, -0.2) is 10.4 Å². The molecule has 1 aromatic heterocycles. The molecule has 0 fully saturated rings. The van der Waals surface area contributed by atoms with Crippen molar-refractivity contribution in [3.8, 4) is 0 Å². The summed E-state index contributed by atoms with van der Waals surface area (Å²) >= 11 is 0. The molecule has 1 heterocycles. The number of hydrogen-bond donors (Lipinski definition) is 0. The Labute approximate surface area is 112 Å². The summed E-state index contributed by atoms with van der Waals surface area (Å²) in [6.07, 6.45) is 0. The quantitative estimate of drug-likeness (QED) is 0.634. The number of benzene rings is 2. The number of fused-ring (bicyclic) bond motifs is 1. The summed E-state index contributed by atoms with van der Waals surface area (Å²) in [5.74, 6) is 0.0804. The Kier molecular flexibility index (Phi) is 2.71. The number of carbonyl (C=O) groups excluding carboxylic acids is 1. The minimum absolute atomic E-state index is 0.0804. The number of nitrogens with zero attached hydrogens (tertiary/aromatic N) is 1. The van der Waals surface area contributed by atoms with E-state index in [9.17, 15) is 4.79 Å². The van der Waals surface area contributed by atoms with E-state index in [1.54, 1.807) is 0 Å². The molecule has 0 aliphatic carbocycles. The number of aromatic nitrogens is 1. The van der Waals surface area contributed by atoms with Gasteiger partial charge in [0.25, 0.3) is 0 Å². The molecule has 0 aliphatic heterocycles. The Hall–Kier alpha value is -2.35. The van der Waals surface area contributed by atoms with Crippen LogP contribution in [0.3, 0.4) is 0 Å². The highest BCUT2D eigenvalue weighted by Gasteiger charge is 2.16. The van der Waals surface area contributed by atoms with Gasteiger partial charge in [0.2, 0.25) is 5.78 Å². The van der Waals surface area contributed by atoms with Crippen LogP contribution >= 0.6 is 0 Å². The first-order chi connectivity index (χ1) is 9.18. The standard InChI is InChI=1S/C17H15NO/c1-12-7-3-5-9-14(12)17(19)16-11-13-8-4-6-10-15(13)18(16)2/h3-11H,1-2H3. The summed E-state index contributed by atoms with van der Waals surface area (Å²) in [7, 11) is 1.94. The van der Waals surface area contributed by atoms with Gasteiger partial charge in [0.1, 0.15) is 0 Å². The number of carbonyl (C=O) groups is 1. The number of rotatable bonds is 2. The summed E-state index contributed by atoms with van der Waals surface area (Å²) in [5, 5.41) is 1.10. The molecular formula is C17H15NO. The lowest BCUT2D eigenvalue weighted by Crippen LogP contribution is -2.08. The number of ketones is 1.